The summed E-state index contributed by atoms with van der Waals surface area (Å²) in [5.41, 5.74) is 0. The summed E-state index contributed by atoms with van der Waals surface area (Å²) in [5.74, 6) is 0.785. The van der Waals surface area contributed by atoms with Crippen LogP contribution in [0, 0.1) is 11.8 Å². The zero-order chi connectivity index (χ0) is 12.6. The van der Waals surface area contributed by atoms with E-state index in [0.717, 1.165) is 12.8 Å². The van der Waals surface area contributed by atoms with Crippen LogP contribution in [0.1, 0.15) is 53.4 Å². The molecule has 2 heteroatoms. The maximum absolute atomic E-state index is 11.2. The molecule has 0 fully saturated rings. The van der Waals surface area contributed by atoms with Crippen LogP contribution in [0.3, 0.4) is 0 Å². The van der Waals surface area contributed by atoms with Crippen molar-refractivity contribution in [2.45, 2.75) is 59.5 Å². The lowest BCUT2D eigenvalue weighted by Crippen LogP contribution is -2.23. The number of esters is 1. The van der Waals surface area contributed by atoms with E-state index < -0.39 is 0 Å². The topological polar surface area (TPSA) is 26.3 Å². The minimum Gasteiger partial charge on any atom is -0.459 e. The lowest BCUT2D eigenvalue weighted by Gasteiger charge is -2.22. The molecule has 0 N–H and O–H groups in total. The second-order valence-corrected chi connectivity index (χ2v) is 4.89. The first kappa shape index (κ1) is 15.2. The number of carbonyl (C=O) groups excluding carboxylic acids is 1. The summed E-state index contributed by atoms with van der Waals surface area (Å²) < 4.78 is 5.33. The maximum atomic E-state index is 11.2. The number of rotatable bonds is 8. The van der Waals surface area contributed by atoms with Gasteiger partial charge in [-0.25, -0.2) is 4.79 Å². The van der Waals surface area contributed by atoms with Crippen molar-refractivity contribution < 1.29 is 9.53 Å². The normalized spacial score (nSPS) is 14.6. The molecule has 16 heavy (non-hydrogen) atoms. The van der Waals surface area contributed by atoms with Crippen molar-refractivity contribution in [1.82, 2.24) is 0 Å². The average Bonchev–Trinajstić information content (AvgIpc) is 2.23. The van der Waals surface area contributed by atoms with Crippen molar-refractivity contribution in [3.63, 3.8) is 0 Å². The third-order valence-corrected chi connectivity index (χ3v) is 2.90. The second kappa shape index (κ2) is 8.37. The average molecular weight is 226 g/mol. The van der Waals surface area contributed by atoms with Crippen LogP contribution < -0.4 is 0 Å². The molecule has 2 unspecified atom stereocenters. The Labute approximate surface area is 100 Å². The van der Waals surface area contributed by atoms with Gasteiger partial charge in [-0.05, 0) is 24.7 Å². The fourth-order valence-electron chi connectivity index (χ4n) is 1.81. The third-order valence-electron chi connectivity index (χ3n) is 2.90. The maximum Gasteiger partial charge on any atom is 0.330 e. The van der Waals surface area contributed by atoms with Gasteiger partial charge in [-0.1, -0.05) is 47.1 Å². The predicted octanol–water partition coefficient (Wildman–Crippen LogP) is 3.96. The van der Waals surface area contributed by atoms with E-state index in [-0.39, 0.29) is 12.1 Å². The molecule has 0 aromatic carbocycles. The SMILES string of the molecule is C=CC(=O)OC(CCC(C)CCC)C(C)C. The molecule has 0 aromatic heterocycles. The zero-order valence-corrected chi connectivity index (χ0v) is 11.2. The standard InChI is InChI=1S/C14H26O2/c1-6-8-12(5)9-10-13(11(3)4)16-14(15)7-2/h7,11-13H,2,6,8-10H2,1,3-5H3. The Morgan fingerprint density at radius 1 is 1.25 bits per heavy atom. The van der Waals surface area contributed by atoms with Crippen LogP contribution in [-0.4, -0.2) is 12.1 Å². The van der Waals surface area contributed by atoms with Gasteiger partial charge in [-0.3, -0.25) is 0 Å². The van der Waals surface area contributed by atoms with Crippen molar-refractivity contribution in [3.05, 3.63) is 12.7 Å². The molecular formula is C14H26O2. The fraction of sp³-hybridized carbons (Fsp3) is 0.786. The number of ether oxygens (including phenoxy) is 1. The summed E-state index contributed by atoms with van der Waals surface area (Å²) in [6.07, 6.45) is 5.83. The van der Waals surface area contributed by atoms with Gasteiger partial charge in [-0.15, -0.1) is 0 Å². The van der Waals surface area contributed by atoms with Crippen LogP contribution in [-0.2, 0) is 9.53 Å². The van der Waals surface area contributed by atoms with Gasteiger partial charge in [0.1, 0.15) is 6.10 Å². The van der Waals surface area contributed by atoms with Gasteiger partial charge in [0.15, 0.2) is 0 Å². The van der Waals surface area contributed by atoms with Gasteiger partial charge in [0.05, 0.1) is 0 Å². The van der Waals surface area contributed by atoms with E-state index in [0.29, 0.717) is 11.8 Å². The van der Waals surface area contributed by atoms with Gasteiger partial charge < -0.3 is 4.74 Å². The molecule has 0 amide bonds. The summed E-state index contributed by atoms with van der Waals surface area (Å²) >= 11 is 0. The van der Waals surface area contributed by atoms with E-state index in [1.54, 1.807) is 0 Å². The Hall–Kier alpha value is -0.790. The van der Waals surface area contributed by atoms with E-state index >= 15 is 0 Å². The van der Waals surface area contributed by atoms with Crippen molar-refractivity contribution in [2.75, 3.05) is 0 Å². The smallest absolute Gasteiger partial charge is 0.330 e. The minimum atomic E-state index is -0.304. The van der Waals surface area contributed by atoms with E-state index in [1.807, 2.05) is 0 Å². The molecule has 0 aliphatic rings. The zero-order valence-electron chi connectivity index (χ0n) is 11.2. The molecule has 0 saturated heterocycles. The highest BCUT2D eigenvalue weighted by Crippen LogP contribution is 2.19. The molecule has 0 saturated carbocycles. The second-order valence-electron chi connectivity index (χ2n) is 4.89. The molecule has 0 aliphatic carbocycles. The fourth-order valence-corrected chi connectivity index (χ4v) is 1.81. The summed E-state index contributed by atoms with van der Waals surface area (Å²) in [5, 5.41) is 0. The van der Waals surface area contributed by atoms with Crippen LogP contribution in [0.2, 0.25) is 0 Å². The summed E-state index contributed by atoms with van der Waals surface area (Å²) in [6, 6.07) is 0. The van der Waals surface area contributed by atoms with Crippen LogP contribution in [0.25, 0.3) is 0 Å². The molecule has 0 rings (SSSR count). The Bertz CT molecular complexity index is 209. The number of carbonyl (C=O) groups is 1. The van der Waals surface area contributed by atoms with Gasteiger partial charge in [0.2, 0.25) is 0 Å². The first-order valence-electron chi connectivity index (χ1n) is 6.34. The lowest BCUT2D eigenvalue weighted by molar-refractivity contribution is -0.145. The molecule has 0 radical (unpaired) electrons. The van der Waals surface area contributed by atoms with Crippen LogP contribution in [0.4, 0.5) is 0 Å². The molecule has 94 valence electrons. The Balaban J connectivity index is 4.03. The van der Waals surface area contributed by atoms with E-state index in [2.05, 4.69) is 34.3 Å². The number of hydrogen-bond donors (Lipinski definition) is 0. The lowest BCUT2D eigenvalue weighted by atomic mass is 9.94. The molecule has 0 spiro atoms. The Morgan fingerprint density at radius 2 is 1.88 bits per heavy atom. The summed E-state index contributed by atoms with van der Waals surface area (Å²) in [7, 11) is 0. The molecule has 0 aromatic rings. The number of hydrogen-bond acceptors (Lipinski definition) is 2. The van der Waals surface area contributed by atoms with Crippen molar-refractivity contribution >= 4 is 5.97 Å². The summed E-state index contributed by atoms with van der Waals surface area (Å²) in [4.78, 5) is 11.2. The third kappa shape index (κ3) is 6.65. The quantitative estimate of drug-likeness (QED) is 0.462. The van der Waals surface area contributed by atoms with Crippen LogP contribution >= 0.6 is 0 Å². The van der Waals surface area contributed by atoms with E-state index in [9.17, 15) is 4.79 Å². The van der Waals surface area contributed by atoms with Gasteiger partial charge in [0.25, 0.3) is 0 Å². The van der Waals surface area contributed by atoms with Gasteiger partial charge >= 0.3 is 5.97 Å². The predicted molar refractivity (Wildman–Crippen MR) is 68.2 cm³/mol. The van der Waals surface area contributed by atoms with Crippen LogP contribution in [0.5, 0.6) is 0 Å². The largest absolute Gasteiger partial charge is 0.459 e. The van der Waals surface area contributed by atoms with Crippen molar-refractivity contribution in [2.24, 2.45) is 11.8 Å². The van der Waals surface area contributed by atoms with Crippen molar-refractivity contribution in [1.29, 1.82) is 0 Å². The van der Waals surface area contributed by atoms with Gasteiger partial charge in [-0.2, -0.15) is 0 Å². The minimum absolute atomic E-state index is 0.0322. The van der Waals surface area contributed by atoms with Crippen molar-refractivity contribution in [3.8, 4) is 0 Å². The Kier molecular flexibility index (Phi) is 7.96. The molecule has 0 aliphatic heterocycles. The van der Waals surface area contributed by atoms with E-state index in [4.69, 9.17) is 4.74 Å². The van der Waals surface area contributed by atoms with Crippen LogP contribution in [0.15, 0.2) is 12.7 Å². The molecule has 2 atom stereocenters. The monoisotopic (exact) mass is 226 g/mol. The highest BCUT2D eigenvalue weighted by Gasteiger charge is 2.17. The first-order valence-corrected chi connectivity index (χ1v) is 6.34. The van der Waals surface area contributed by atoms with E-state index in [1.165, 1.54) is 18.9 Å². The van der Waals surface area contributed by atoms with Gasteiger partial charge in [0, 0.05) is 6.08 Å². The molecular weight excluding hydrogens is 200 g/mol. The molecule has 0 bridgehead atoms. The molecule has 2 nitrogen and oxygen atoms in total. The highest BCUT2D eigenvalue weighted by atomic mass is 16.5. The summed E-state index contributed by atoms with van der Waals surface area (Å²) in [6.45, 7) is 12.1. The Morgan fingerprint density at radius 3 is 2.31 bits per heavy atom. The molecule has 0 heterocycles. The highest BCUT2D eigenvalue weighted by molar-refractivity contribution is 5.81. The first-order chi connectivity index (χ1) is 7.51.